The third kappa shape index (κ3) is 3.72. The lowest BCUT2D eigenvalue weighted by molar-refractivity contribution is 0.494. The molecule has 0 spiro atoms. The number of nitrogens with zero attached hydrogens (tertiary/aromatic N) is 2. The molecule has 27 heavy (non-hydrogen) atoms. The fourth-order valence-corrected chi connectivity index (χ4v) is 2.83. The Morgan fingerprint density at radius 3 is 2.30 bits per heavy atom. The molecule has 0 saturated heterocycles. The molecule has 0 radical (unpaired) electrons. The van der Waals surface area contributed by atoms with Gasteiger partial charge in [0.1, 0.15) is 11.9 Å². The molecule has 0 aliphatic carbocycles. The zero-order valence-electron chi connectivity index (χ0n) is 14.8. The van der Waals surface area contributed by atoms with Crippen LogP contribution in [0.1, 0.15) is 23.1 Å². The average Bonchev–Trinajstić information content (AvgIpc) is 3.20. The van der Waals surface area contributed by atoms with Crippen LogP contribution in [0.5, 0.6) is 0 Å². The summed E-state index contributed by atoms with van der Waals surface area (Å²) in [5.41, 5.74) is 3.04. The highest BCUT2D eigenvalue weighted by Crippen LogP contribution is 2.28. The lowest BCUT2D eigenvalue weighted by Gasteiger charge is -2.17. The minimum Gasteiger partial charge on any atom is -0.418 e. The topological polar surface area (TPSA) is 51.0 Å². The van der Waals surface area contributed by atoms with Gasteiger partial charge in [-0.15, -0.1) is 10.2 Å². The molecule has 1 heterocycles. The van der Waals surface area contributed by atoms with Gasteiger partial charge < -0.3 is 9.73 Å². The Morgan fingerprint density at radius 1 is 0.889 bits per heavy atom. The van der Waals surface area contributed by atoms with Crippen LogP contribution in [0.25, 0.3) is 11.5 Å². The molecule has 0 aliphatic rings. The van der Waals surface area contributed by atoms with Crippen molar-refractivity contribution >= 4 is 5.69 Å². The van der Waals surface area contributed by atoms with Crippen LogP contribution in [0.15, 0.2) is 83.3 Å². The number of nitrogens with one attached hydrogen (secondary N) is 1. The second kappa shape index (κ2) is 7.41. The maximum Gasteiger partial charge on any atom is 0.247 e. The molecule has 4 aromatic rings. The van der Waals surface area contributed by atoms with Crippen molar-refractivity contribution < 1.29 is 8.81 Å². The maximum atomic E-state index is 14.0. The van der Waals surface area contributed by atoms with Crippen molar-refractivity contribution in [1.29, 1.82) is 0 Å². The first kappa shape index (κ1) is 17.0. The van der Waals surface area contributed by atoms with E-state index in [1.54, 1.807) is 13.0 Å². The van der Waals surface area contributed by atoms with E-state index < -0.39 is 6.04 Å². The summed E-state index contributed by atoms with van der Waals surface area (Å²) in [5, 5.41) is 11.7. The normalized spacial score (nSPS) is 11.9. The molecular weight excluding hydrogens is 341 g/mol. The number of anilines is 1. The summed E-state index contributed by atoms with van der Waals surface area (Å²) < 4.78 is 19.9. The van der Waals surface area contributed by atoms with Crippen molar-refractivity contribution in [2.24, 2.45) is 0 Å². The quantitative estimate of drug-likeness (QED) is 0.519. The number of rotatable bonds is 5. The molecule has 0 bridgehead atoms. The van der Waals surface area contributed by atoms with Gasteiger partial charge >= 0.3 is 0 Å². The lowest BCUT2D eigenvalue weighted by atomic mass is 10.1. The molecule has 134 valence electrons. The number of hydrogen-bond donors (Lipinski definition) is 1. The molecule has 1 aromatic heterocycles. The van der Waals surface area contributed by atoms with Gasteiger partial charge in [-0.2, -0.15) is 0 Å². The Bertz CT molecular complexity index is 1030. The molecule has 5 heteroatoms. The summed E-state index contributed by atoms with van der Waals surface area (Å²) in [4.78, 5) is 0. The predicted molar refractivity (Wildman–Crippen MR) is 103 cm³/mol. The van der Waals surface area contributed by atoms with Crippen LogP contribution in [-0.2, 0) is 0 Å². The molecule has 1 atom stereocenters. The van der Waals surface area contributed by atoms with Crippen molar-refractivity contribution in [3.05, 3.63) is 102 Å². The van der Waals surface area contributed by atoms with Gasteiger partial charge in [0.2, 0.25) is 11.8 Å². The third-order valence-electron chi connectivity index (χ3n) is 4.32. The molecule has 1 N–H and O–H groups in total. The van der Waals surface area contributed by atoms with Gasteiger partial charge in [-0.05, 0) is 42.3 Å². The highest BCUT2D eigenvalue weighted by Gasteiger charge is 2.21. The molecule has 4 nitrogen and oxygen atoms in total. The van der Waals surface area contributed by atoms with Crippen LogP contribution >= 0.6 is 0 Å². The van der Waals surface area contributed by atoms with Crippen LogP contribution in [0.4, 0.5) is 10.1 Å². The Kier molecular flexibility index (Phi) is 4.66. The number of hydrogen-bond acceptors (Lipinski definition) is 4. The summed E-state index contributed by atoms with van der Waals surface area (Å²) in [6, 6.07) is 24.0. The van der Waals surface area contributed by atoms with E-state index in [-0.39, 0.29) is 5.82 Å². The minimum atomic E-state index is -0.390. The molecular formula is C22H18FN3O. The van der Waals surface area contributed by atoms with Crippen LogP contribution in [-0.4, -0.2) is 10.2 Å². The minimum absolute atomic E-state index is 0.262. The second-order valence-electron chi connectivity index (χ2n) is 6.26. The van der Waals surface area contributed by atoms with Gasteiger partial charge in [0.05, 0.1) is 0 Å². The zero-order valence-corrected chi connectivity index (χ0v) is 14.8. The van der Waals surface area contributed by atoms with Gasteiger partial charge in [-0.3, -0.25) is 0 Å². The molecule has 0 aliphatic heterocycles. The van der Waals surface area contributed by atoms with Gasteiger partial charge in [0.15, 0.2) is 0 Å². The number of aryl methyl sites for hydroxylation is 1. The largest absolute Gasteiger partial charge is 0.418 e. The van der Waals surface area contributed by atoms with Gasteiger partial charge in [0.25, 0.3) is 0 Å². The van der Waals surface area contributed by atoms with E-state index in [1.807, 2.05) is 66.7 Å². The zero-order chi connectivity index (χ0) is 18.6. The van der Waals surface area contributed by atoms with Crippen molar-refractivity contribution in [2.75, 3.05) is 5.32 Å². The van der Waals surface area contributed by atoms with E-state index in [1.165, 1.54) is 6.07 Å². The first-order chi connectivity index (χ1) is 13.2. The van der Waals surface area contributed by atoms with Gasteiger partial charge in [-0.1, -0.05) is 54.6 Å². The van der Waals surface area contributed by atoms with Crippen LogP contribution in [0.2, 0.25) is 0 Å². The lowest BCUT2D eigenvalue weighted by Crippen LogP contribution is -2.13. The van der Waals surface area contributed by atoms with Crippen LogP contribution < -0.4 is 5.32 Å². The van der Waals surface area contributed by atoms with E-state index in [0.717, 1.165) is 11.1 Å². The number of benzene rings is 3. The fourth-order valence-electron chi connectivity index (χ4n) is 2.83. The monoisotopic (exact) mass is 359 g/mol. The van der Waals surface area contributed by atoms with Crippen molar-refractivity contribution in [3.8, 4) is 11.5 Å². The van der Waals surface area contributed by atoms with Gasteiger partial charge in [0, 0.05) is 11.3 Å². The van der Waals surface area contributed by atoms with Crippen LogP contribution in [0, 0.1) is 12.7 Å². The molecule has 0 fully saturated rings. The summed E-state index contributed by atoms with van der Waals surface area (Å²) in [6.07, 6.45) is 0. The van der Waals surface area contributed by atoms with Gasteiger partial charge in [-0.25, -0.2) is 4.39 Å². The van der Waals surface area contributed by atoms with E-state index in [9.17, 15) is 4.39 Å². The number of halogens is 1. The molecule has 0 saturated carbocycles. The van der Waals surface area contributed by atoms with Crippen LogP contribution in [0.3, 0.4) is 0 Å². The highest BCUT2D eigenvalue weighted by molar-refractivity contribution is 5.53. The van der Waals surface area contributed by atoms with E-state index in [4.69, 9.17) is 4.42 Å². The Balaban J connectivity index is 1.70. The maximum absolute atomic E-state index is 14.0. The van der Waals surface area contributed by atoms with Crippen molar-refractivity contribution in [1.82, 2.24) is 10.2 Å². The molecule has 1 unspecified atom stereocenters. The van der Waals surface area contributed by atoms with E-state index in [0.29, 0.717) is 23.0 Å². The standard InChI is InChI=1S/C22H18FN3O/c1-15-12-13-18(14-19(15)23)24-20(16-8-4-2-5-9-16)22-26-25-21(27-22)17-10-6-3-7-11-17/h2-14,20,24H,1H3. The summed E-state index contributed by atoms with van der Waals surface area (Å²) in [6.45, 7) is 1.73. The van der Waals surface area contributed by atoms with E-state index >= 15 is 0 Å². The smallest absolute Gasteiger partial charge is 0.247 e. The summed E-state index contributed by atoms with van der Waals surface area (Å²) in [5.74, 6) is 0.603. The number of aromatic nitrogens is 2. The Hall–Kier alpha value is -3.47. The Labute approximate surface area is 156 Å². The first-order valence-electron chi connectivity index (χ1n) is 8.67. The van der Waals surface area contributed by atoms with Crippen molar-refractivity contribution in [2.45, 2.75) is 13.0 Å². The predicted octanol–water partition coefficient (Wildman–Crippen LogP) is 5.39. The highest BCUT2D eigenvalue weighted by atomic mass is 19.1. The molecule has 3 aromatic carbocycles. The second-order valence-corrected chi connectivity index (χ2v) is 6.26. The third-order valence-corrected chi connectivity index (χ3v) is 4.32. The van der Waals surface area contributed by atoms with Crippen molar-refractivity contribution in [3.63, 3.8) is 0 Å². The summed E-state index contributed by atoms with van der Waals surface area (Å²) in [7, 11) is 0. The Morgan fingerprint density at radius 2 is 1.59 bits per heavy atom. The van der Waals surface area contributed by atoms with E-state index in [2.05, 4.69) is 15.5 Å². The fraction of sp³-hybridized carbons (Fsp3) is 0.0909. The molecule has 0 amide bonds. The SMILES string of the molecule is Cc1ccc(NC(c2ccccc2)c2nnc(-c3ccccc3)o2)cc1F. The first-order valence-corrected chi connectivity index (χ1v) is 8.67. The molecule has 4 rings (SSSR count). The summed E-state index contributed by atoms with van der Waals surface area (Å²) >= 11 is 0. The average molecular weight is 359 g/mol.